The van der Waals surface area contributed by atoms with Gasteiger partial charge in [0.1, 0.15) is 12.4 Å². The molecule has 0 aliphatic carbocycles. The number of carbonyl (C=O) groups is 1. The molecule has 2 aliphatic rings. The first kappa shape index (κ1) is 18.2. The lowest BCUT2D eigenvalue weighted by atomic mass is 10.2. The molecule has 2 unspecified atom stereocenters. The van der Waals surface area contributed by atoms with Gasteiger partial charge in [0.15, 0.2) is 0 Å². The third-order valence-corrected chi connectivity index (χ3v) is 7.61. The smallest absolute Gasteiger partial charge is 0.390 e. The fourth-order valence-corrected chi connectivity index (χ4v) is 6.08. The first-order valence-electron chi connectivity index (χ1n) is 8.01. The molecule has 25 heavy (non-hydrogen) atoms. The van der Waals surface area contributed by atoms with Gasteiger partial charge < -0.3 is 14.6 Å². The van der Waals surface area contributed by atoms with Crippen molar-refractivity contribution >= 4 is 19.5 Å². The number of rotatable bonds is 7. The molecule has 3 rings (SSSR count). The van der Waals surface area contributed by atoms with Crippen molar-refractivity contribution in [1.29, 1.82) is 0 Å². The van der Waals surface area contributed by atoms with Crippen LogP contribution in [0.25, 0.3) is 0 Å². The van der Waals surface area contributed by atoms with Crippen LogP contribution in [0.5, 0.6) is 0 Å². The summed E-state index contributed by atoms with van der Waals surface area (Å²) in [5.74, 6) is -1.06. The molecule has 138 valence electrons. The molecule has 1 aromatic heterocycles. The molecule has 0 spiro atoms. The SMILES string of the molecule is CC1(C)CN1P(=O)(OCCC(=O)n1ccnc1[N+](=O)[O-])N1CC1(C)C. The molecule has 11 heteroatoms. The minimum atomic E-state index is -3.19. The molecule has 2 fully saturated rings. The molecular weight excluding hydrogens is 349 g/mol. The molecule has 1 aromatic rings. The predicted molar refractivity (Wildman–Crippen MR) is 89.3 cm³/mol. The van der Waals surface area contributed by atoms with E-state index < -0.39 is 24.4 Å². The Hall–Kier alpha value is -1.61. The Balaban J connectivity index is 1.65. The summed E-state index contributed by atoms with van der Waals surface area (Å²) >= 11 is 0. The first-order valence-corrected chi connectivity index (χ1v) is 9.54. The van der Waals surface area contributed by atoms with Crippen molar-refractivity contribution in [2.45, 2.75) is 45.2 Å². The zero-order valence-electron chi connectivity index (χ0n) is 14.7. The van der Waals surface area contributed by atoms with E-state index in [2.05, 4.69) is 4.98 Å². The first-order chi connectivity index (χ1) is 11.5. The molecule has 2 saturated heterocycles. The van der Waals surface area contributed by atoms with E-state index in [1.165, 1.54) is 12.4 Å². The summed E-state index contributed by atoms with van der Waals surface area (Å²) < 4.78 is 23.6. The van der Waals surface area contributed by atoms with Gasteiger partial charge in [0.05, 0.1) is 13.0 Å². The van der Waals surface area contributed by atoms with E-state index in [4.69, 9.17) is 4.52 Å². The number of nitrogens with zero attached hydrogens (tertiary/aromatic N) is 5. The molecule has 10 nitrogen and oxygen atoms in total. The molecule has 0 bridgehead atoms. The van der Waals surface area contributed by atoms with E-state index in [0.29, 0.717) is 13.1 Å². The van der Waals surface area contributed by atoms with Crippen molar-refractivity contribution in [3.63, 3.8) is 0 Å². The van der Waals surface area contributed by atoms with Gasteiger partial charge in [-0.2, -0.15) is 4.57 Å². The van der Waals surface area contributed by atoms with Crippen molar-refractivity contribution in [3.05, 3.63) is 22.5 Å². The van der Waals surface area contributed by atoms with Crippen molar-refractivity contribution in [3.8, 4) is 0 Å². The molecule has 0 saturated carbocycles. The lowest BCUT2D eigenvalue weighted by molar-refractivity contribution is -0.395. The van der Waals surface area contributed by atoms with Crippen LogP contribution in [0.2, 0.25) is 0 Å². The van der Waals surface area contributed by atoms with Gasteiger partial charge >= 0.3 is 13.6 Å². The summed E-state index contributed by atoms with van der Waals surface area (Å²) in [4.78, 5) is 25.8. The highest BCUT2D eigenvalue weighted by Gasteiger charge is 2.65. The second-order valence-electron chi connectivity index (χ2n) is 7.56. The fourth-order valence-electron chi connectivity index (χ4n) is 2.79. The number of aromatic nitrogens is 2. The van der Waals surface area contributed by atoms with Crippen LogP contribution in [0, 0.1) is 10.1 Å². The van der Waals surface area contributed by atoms with E-state index in [0.717, 1.165) is 4.57 Å². The number of carbonyl (C=O) groups excluding carboxylic acids is 1. The van der Waals surface area contributed by atoms with Gasteiger partial charge in [-0.25, -0.2) is 9.34 Å². The average molecular weight is 371 g/mol. The summed E-state index contributed by atoms with van der Waals surface area (Å²) in [5, 5.41) is 10.8. The molecule has 0 aromatic carbocycles. The van der Waals surface area contributed by atoms with Crippen LogP contribution < -0.4 is 0 Å². The minimum Gasteiger partial charge on any atom is -0.390 e. The highest BCUT2D eigenvalue weighted by Crippen LogP contribution is 2.70. The summed E-state index contributed by atoms with van der Waals surface area (Å²) in [6.45, 7) is 9.19. The Bertz CT molecular complexity index is 747. The Morgan fingerprint density at radius 2 is 1.84 bits per heavy atom. The molecule has 0 amide bonds. The zero-order valence-corrected chi connectivity index (χ0v) is 15.6. The molecule has 0 N–H and O–H groups in total. The maximum atomic E-state index is 13.4. The lowest BCUT2D eigenvalue weighted by Crippen LogP contribution is -2.20. The summed E-state index contributed by atoms with van der Waals surface area (Å²) in [6.07, 6.45) is 2.31. The molecule has 2 aliphatic heterocycles. The number of hydrogen-bond donors (Lipinski definition) is 0. The van der Waals surface area contributed by atoms with E-state index in [1.54, 1.807) is 0 Å². The summed E-state index contributed by atoms with van der Waals surface area (Å²) in [5.41, 5.74) is -0.386. The van der Waals surface area contributed by atoms with Crippen LogP contribution in [0.15, 0.2) is 12.4 Å². The number of nitro groups is 1. The molecule has 3 heterocycles. The monoisotopic (exact) mass is 371 g/mol. The van der Waals surface area contributed by atoms with Crippen molar-refractivity contribution in [1.82, 2.24) is 18.9 Å². The van der Waals surface area contributed by atoms with Gasteiger partial charge in [-0.1, -0.05) is 4.98 Å². The second-order valence-corrected chi connectivity index (χ2v) is 9.77. The Morgan fingerprint density at radius 3 is 2.28 bits per heavy atom. The summed E-state index contributed by atoms with van der Waals surface area (Å²) in [7, 11) is -3.19. The Labute approximate surface area is 145 Å². The minimum absolute atomic E-state index is 0.0788. The maximum Gasteiger partial charge on any atom is 0.441 e. The van der Waals surface area contributed by atoms with Gasteiger partial charge in [0, 0.05) is 24.2 Å². The van der Waals surface area contributed by atoms with Crippen LogP contribution in [-0.4, -0.2) is 60.5 Å². The topological polar surface area (TPSA) is 110 Å². The number of hydrogen-bond acceptors (Lipinski definition) is 6. The van der Waals surface area contributed by atoms with Crippen LogP contribution in [-0.2, 0) is 9.09 Å². The van der Waals surface area contributed by atoms with Crippen LogP contribution in [0.1, 0.15) is 38.9 Å². The van der Waals surface area contributed by atoms with E-state index in [-0.39, 0.29) is 24.1 Å². The highest BCUT2D eigenvalue weighted by atomic mass is 31.2. The summed E-state index contributed by atoms with van der Waals surface area (Å²) in [6, 6.07) is 0. The normalized spacial score (nSPS) is 28.2. The van der Waals surface area contributed by atoms with Crippen LogP contribution in [0.4, 0.5) is 5.95 Å². The fraction of sp³-hybridized carbons (Fsp3) is 0.714. The van der Waals surface area contributed by atoms with Crippen molar-refractivity contribution in [2.75, 3.05) is 19.7 Å². The molecular formula is C14H22N5O5P. The quantitative estimate of drug-likeness (QED) is 0.310. The van der Waals surface area contributed by atoms with E-state index in [9.17, 15) is 19.5 Å². The van der Waals surface area contributed by atoms with Crippen LogP contribution in [0.3, 0.4) is 0 Å². The standard InChI is InChI=1S/C14H22N5O5P/c1-13(2)9-17(13)25(23,18-10-14(18,3)4)24-8-5-11(20)16-7-6-15-12(16)19(21)22/h6-7H,5,8-10H2,1-4H3. The van der Waals surface area contributed by atoms with E-state index in [1.807, 2.05) is 37.0 Å². The highest BCUT2D eigenvalue weighted by molar-refractivity contribution is 7.54. The Morgan fingerprint density at radius 1 is 1.32 bits per heavy atom. The van der Waals surface area contributed by atoms with Crippen LogP contribution >= 0.6 is 7.67 Å². The zero-order chi connectivity index (χ0) is 18.6. The second kappa shape index (κ2) is 5.70. The largest absolute Gasteiger partial charge is 0.441 e. The average Bonchev–Trinajstić information content (AvgIpc) is 3.25. The van der Waals surface area contributed by atoms with E-state index >= 15 is 0 Å². The Kier molecular flexibility index (Phi) is 4.15. The number of imidazole rings is 1. The van der Waals surface area contributed by atoms with Crippen molar-refractivity contribution < 1.29 is 18.8 Å². The predicted octanol–water partition coefficient (Wildman–Crippen LogP) is 2.13. The third-order valence-electron chi connectivity index (χ3n) is 4.50. The molecule has 0 radical (unpaired) electrons. The van der Waals surface area contributed by atoms with Crippen molar-refractivity contribution in [2.24, 2.45) is 0 Å². The third kappa shape index (κ3) is 3.27. The van der Waals surface area contributed by atoms with Gasteiger partial charge in [-0.05, 0) is 32.6 Å². The van der Waals surface area contributed by atoms with Gasteiger partial charge in [0.2, 0.25) is 0 Å². The van der Waals surface area contributed by atoms with Gasteiger partial charge in [-0.3, -0.25) is 9.36 Å². The van der Waals surface area contributed by atoms with Gasteiger partial charge in [-0.15, -0.1) is 0 Å². The van der Waals surface area contributed by atoms with Gasteiger partial charge in [0.25, 0.3) is 5.91 Å². The maximum absolute atomic E-state index is 13.4. The lowest BCUT2D eigenvalue weighted by Gasteiger charge is -2.24. The molecule has 2 atom stereocenters.